The molecule has 0 saturated carbocycles. The van der Waals surface area contributed by atoms with Gasteiger partial charge < -0.3 is 89.9 Å². The third-order valence-corrected chi connectivity index (χ3v) is 21.5. The topological polar surface area (TPSA) is 307 Å². The zero-order chi connectivity index (χ0) is 73.9. The molecular weight excluding hydrogens is 1300 g/mol. The largest absolute Gasteiger partial charge is 0.394 e. The van der Waals surface area contributed by atoms with E-state index in [0.29, 0.717) is 12.8 Å². The highest BCUT2D eigenvalue weighted by Crippen LogP contribution is 2.33. The van der Waals surface area contributed by atoms with Crippen molar-refractivity contribution in [1.29, 1.82) is 0 Å². The Bertz CT molecular complexity index is 1940. The molecule has 12 N–H and O–H groups in total. The highest BCUT2D eigenvalue weighted by Gasteiger charge is 2.54. The summed E-state index contributed by atoms with van der Waals surface area (Å²) in [6.45, 7) is 1.79. The van der Waals surface area contributed by atoms with Gasteiger partial charge in [0.2, 0.25) is 5.91 Å². The van der Waals surface area contributed by atoms with Gasteiger partial charge in [-0.3, -0.25) is 4.79 Å². The molecule has 3 saturated heterocycles. The SMILES string of the molecule is CCCCCCCCCCCCCCCCCCCCCCCCCCCC/C=C/CC/C=C/C(O)C(COC1OC(CO)C(OC2OC(CO)C(OC3OC(CO)C(O)C(O)C3O)C(O)C2O)C(O)C1O)NC(=O)CCCCCCCCCCCCCCCCCCCCCCCCCCC. The van der Waals surface area contributed by atoms with Gasteiger partial charge in [0.05, 0.1) is 38.6 Å². The van der Waals surface area contributed by atoms with Crippen molar-refractivity contribution in [1.82, 2.24) is 5.32 Å². The fourth-order valence-electron chi connectivity index (χ4n) is 14.7. The molecule has 0 aromatic carbocycles. The van der Waals surface area contributed by atoms with Crippen LogP contribution in [-0.4, -0.2) is 193 Å². The summed E-state index contributed by atoms with van der Waals surface area (Å²) in [5, 5.41) is 121. The third kappa shape index (κ3) is 43.5. The summed E-state index contributed by atoms with van der Waals surface area (Å²) in [7, 11) is 0. The minimum Gasteiger partial charge on any atom is -0.394 e. The maximum absolute atomic E-state index is 13.5. The van der Waals surface area contributed by atoms with Gasteiger partial charge in [-0.15, -0.1) is 0 Å². The Kier molecular flexibility index (Phi) is 59.4. The lowest BCUT2D eigenvalue weighted by molar-refractivity contribution is -0.379. The average Bonchev–Trinajstić information content (AvgIpc) is 0.778. The minimum atomic E-state index is -1.98. The van der Waals surface area contributed by atoms with Crippen molar-refractivity contribution in [3.05, 3.63) is 24.3 Å². The van der Waals surface area contributed by atoms with Crippen LogP contribution in [-0.2, 0) is 33.2 Å². The highest BCUT2D eigenvalue weighted by molar-refractivity contribution is 5.76. The Hall–Kier alpha value is -1.73. The van der Waals surface area contributed by atoms with Gasteiger partial charge in [0, 0.05) is 6.42 Å². The van der Waals surface area contributed by atoms with Crippen LogP contribution < -0.4 is 5.32 Å². The lowest BCUT2D eigenvalue weighted by Gasteiger charge is -2.48. The predicted molar refractivity (Wildman–Crippen MR) is 406 cm³/mol. The number of ether oxygens (including phenoxy) is 6. The standard InChI is InChI=1S/C83H157NO18/c1-3-5-7-9-11-13-15-17-19-21-23-25-27-29-30-31-32-33-34-35-37-38-40-42-44-46-48-50-52-54-56-58-60-67(88)66(84-71(89)61-59-57-55-53-51-49-47-45-43-41-39-36-28-26-24-22-20-18-16-14-12-10-8-6-4-2)65-97-81-77(95)74(92)79(69(63-86)99-81)102-83-78(96)75(93)80(70(64-87)100-83)101-82-76(94)73(91)72(90)68(62-85)98-82/h50,52,58,60,66-70,72-83,85-88,90-96H,3-49,51,53-57,59,61-65H2,1-2H3,(H,84,89)/b52-50+,60-58+. The second-order valence-electron chi connectivity index (χ2n) is 30.6. The van der Waals surface area contributed by atoms with Crippen molar-refractivity contribution in [3.63, 3.8) is 0 Å². The second kappa shape index (κ2) is 64.1. The van der Waals surface area contributed by atoms with Crippen LogP contribution in [0.25, 0.3) is 0 Å². The van der Waals surface area contributed by atoms with Crippen molar-refractivity contribution in [2.75, 3.05) is 26.4 Å². The molecule has 19 nitrogen and oxygen atoms in total. The van der Waals surface area contributed by atoms with E-state index in [-0.39, 0.29) is 18.9 Å². The first-order valence-electron chi connectivity index (χ1n) is 42.6. The monoisotopic (exact) mass is 1460 g/mol. The van der Waals surface area contributed by atoms with E-state index in [9.17, 15) is 61.0 Å². The van der Waals surface area contributed by atoms with Gasteiger partial charge >= 0.3 is 0 Å². The summed E-state index contributed by atoms with van der Waals surface area (Å²) in [5.74, 6) is -0.277. The molecule has 1 amide bonds. The first kappa shape index (κ1) is 94.5. The molecule has 0 radical (unpaired) electrons. The maximum Gasteiger partial charge on any atom is 0.220 e. The van der Waals surface area contributed by atoms with Crippen LogP contribution >= 0.6 is 0 Å². The van der Waals surface area contributed by atoms with Gasteiger partial charge in [-0.05, 0) is 32.1 Å². The fourth-order valence-corrected chi connectivity index (χ4v) is 14.7. The number of aliphatic hydroxyl groups excluding tert-OH is 11. The van der Waals surface area contributed by atoms with Crippen LogP contribution in [0.3, 0.4) is 0 Å². The van der Waals surface area contributed by atoms with Gasteiger partial charge in [-0.1, -0.05) is 353 Å². The lowest BCUT2D eigenvalue weighted by Crippen LogP contribution is -2.66. The van der Waals surface area contributed by atoms with Gasteiger partial charge in [0.1, 0.15) is 73.2 Å². The Labute approximate surface area is 619 Å². The Morgan fingerprint density at radius 1 is 0.343 bits per heavy atom. The second-order valence-corrected chi connectivity index (χ2v) is 30.6. The van der Waals surface area contributed by atoms with Crippen LogP contribution in [0, 0.1) is 0 Å². The zero-order valence-electron chi connectivity index (χ0n) is 64.6. The van der Waals surface area contributed by atoms with E-state index in [1.165, 1.54) is 295 Å². The number of hydrogen-bond donors (Lipinski definition) is 12. The van der Waals surface area contributed by atoms with Gasteiger partial charge in [-0.25, -0.2) is 0 Å². The molecule has 0 aliphatic carbocycles. The molecule has 602 valence electrons. The molecule has 0 aromatic heterocycles. The zero-order valence-corrected chi connectivity index (χ0v) is 64.6. The van der Waals surface area contributed by atoms with E-state index in [4.69, 9.17) is 28.4 Å². The van der Waals surface area contributed by atoms with Crippen molar-refractivity contribution in [3.8, 4) is 0 Å². The minimum absolute atomic E-state index is 0.241. The van der Waals surface area contributed by atoms with Crippen molar-refractivity contribution in [2.45, 2.75) is 471 Å². The van der Waals surface area contributed by atoms with Crippen LogP contribution in [0.15, 0.2) is 24.3 Å². The molecule has 3 rings (SSSR count). The number of aliphatic hydroxyl groups is 11. The number of carbonyl (C=O) groups excluding carboxylic acids is 1. The van der Waals surface area contributed by atoms with E-state index < -0.39 is 124 Å². The van der Waals surface area contributed by atoms with Gasteiger partial charge in [0.25, 0.3) is 0 Å². The number of nitrogens with one attached hydrogen (secondary N) is 1. The van der Waals surface area contributed by atoms with E-state index in [2.05, 4.69) is 31.3 Å². The molecule has 17 unspecified atom stereocenters. The first-order valence-corrected chi connectivity index (χ1v) is 42.6. The summed E-state index contributed by atoms with van der Waals surface area (Å²) in [6, 6.07) is -0.989. The highest BCUT2D eigenvalue weighted by atomic mass is 16.8. The summed E-state index contributed by atoms with van der Waals surface area (Å²) < 4.78 is 34.5. The predicted octanol–water partition coefficient (Wildman–Crippen LogP) is 14.9. The molecule has 0 bridgehead atoms. The first-order chi connectivity index (χ1) is 49.8. The molecule has 3 aliphatic heterocycles. The molecule has 0 aromatic rings. The van der Waals surface area contributed by atoms with Crippen LogP contribution in [0.4, 0.5) is 0 Å². The van der Waals surface area contributed by atoms with Gasteiger partial charge in [0.15, 0.2) is 18.9 Å². The van der Waals surface area contributed by atoms with Crippen LogP contribution in [0.1, 0.15) is 367 Å². The number of rotatable bonds is 69. The number of carbonyl (C=O) groups is 1. The average molecular weight is 1460 g/mol. The normalized spacial score (nSPS) is 26.2. The summed E-state index contributed by atoms with van der Waals surface area (Å²) >= 11 is 0. The summed E-state index contributed by atoms with van der Waals surface area (Å²) in [5.41, 5.74) is 0. The number of hydrogen-bond acceptors (Lipinski definition) is 18. The molecule has 0 spiro atoms. The van der Waals surface area contributed by atoms with Crippen molar-refractivity contribution in [2.24, 2.45) is 0 Å². The van der Waals surface area contributed by atoms with E-state index in [1.807, 2.05) is 6.08 Å². The van der Waals surface area contributed by atoms with Crippen molar-refractivity contribution < 1.29 is 89.4 Å². The molecule has 17 atom stereocenters. The molecule has 3 fully saturated rings. The number of amides is 1. The lowest BCUT2D eigenvalue weighted by atomic mass is 9.96. The van der Waals surface area contributed by atoms with E-state index >= 15 is 0 Å². The van der Waals surface area contributed by atoms with E-state index in [0.717, 1.165) is 38.5 Å². The molecular formula is C83H157NO18. The number of allylic oxidation sites excluding steroid dienone is 3. The quantitative estimate of drug-likeness (QED) is 0.0199. The summed E-state index contributed by atoms with van der Waals surface area (Å²) in [4.78, 5) is 13.5. The molecule has 3 aliphatic rings. The Morgan fingerprint density at radius 2 is 0.627 bits per heavy atom. The third-order valence-electron chi connectivity index (χ3n) is 21.5. The van der Waals surface area contributed by atoms with Gasteiger partial charge in [-0.2, -0.15) is 0 Å². The smallest absolute Gasteiger partial charge is 0.220 e. The maximum atomic E-state index is 13.5. The summed E-state index contributed by atoms with van der Waals surface area (Å²) in [6.07, 6.45) is 51.9. The van der Waals surface area contributed by atoms with Crippen LogP contribution in [0.5, 0.6) is 0 Å². The van der Waals surface area contributed by atoms with E-state index in [1.54, 1.807) is 6.08 Å². The fraction of sp³-hybridized carbons (Fsp3) is 0.940. The molecule has 19 heteroatoms. The number of unbranched alkanes of at least 4 members (excludes halogenated alkanes) is 51. The van der Waals surface area contributed by atoms with Crippen molar-refractivity contribution >= 4 is 5.91 Å². The molecule has 102 heavy (non-hydrogen) atoms. The Morgan fingerprint density at radius 3 is 0.980 bits per heavy atom. The Balaban J connectivity index is 1.36. The van der Waals surface area contributed by atoms with Crippen LogP contribution in [0.2, 0.25) is 0 Å². The molecule has 3 heterocycles.